The predicted octanol–water partition coefficient (Wildman–Crippen LogP) is 2.44. The lowest BCUT2D eigenvalue weighted by atomic mass is 10.1. The van der Waals surface area contributed by atoms with Crippen LogP contribution in [0.1, 0.15) is 13.8 Å². The quantitative estimate of drug-likeness (QED) is 0.882. The molecule has 2 aromatic carbocycles. The van der Waals surface area contributed by atoms with Gasteiger partial charge in [0.05, 0.1) is 18.8 Å². The number of carbonyl (C=O) groups excluding carboxylic acids is 2. The van der Waals surface area contributed by atoms with Crippen molar-refractivity contribution in [1.82, 2.24) is 5.32 Å². The van der Waals surface area contributed by atoms with Crippen LogP contribution in [-0.4, -0.2) is 44.1 Å². The van der Waals surface area contributed by atoms with Crippen molar-refractivity contribution in [2.45, 2.75) is 26.0 Å². The third kappa shape index (κ3) is 4.05. The van der Waals surface area contributed by atoms with E-state index in [1.54, 1.807) is 11.9 Å². The molecular weight excluding hydrogens is 342 g/mol. The largest absolute Gasteiger partial charge is 0.477 e. The van der Waals surface area contributed by atoms with Crippen LogP contribution in [0.2, 0.25) is 0 Å². The molecule has 3 rings (SSSR count). The Kier molecular flexibility index (Phi) is 5.64. The molecule has 2 aromatic rings. The average molecular weight is 367 g/mol. The molecule has 0 saturated heterocycles. The SMILES string of the molecule is CNC(=O)[C@@H]1CN(CC(=O)N(c2ccccc2)C(C)C)c2ccccc2O1. The highest BCUT2D eigenvalue weighted by molar-refractivity contribution is 5.97. The number of carbonyl (C=O) groups is 2. The summed E-state index contributed by atoms with van der Waals surface area (Å²) in [5, 5.41) is 2.62. The maximum atomic E-state index is 13.2. The van der Waals surface area contributed by atoms with E-state index >= 15 is 0 Å². The van der Waals surface area contributed by atoms with E-state index in [1.807, 2.05) is 73.3 Å². The minimum atomic E-state index is -0.651. The number of para-hydroxylation sites is 3. The van der Waals surface area contributed by atoms with Gasteiger partial charge in [-0.3, -0.25) is 9.59 Å². The Morgan fingerprint density at radius 2 is 1.81 bits per heavy atom. The van der Waals surface area contributed by atoms with Gasteiger partial charge in [-0.1, -0.05) is 30.3 Å². The first kappa shape index (κ1) is 18.8. The maximum absolute atomic E-state index is 13.2. The number of nitrogens with zero attached hydrogens (tertiary/aromatic N) is 2. The van der Waals surface area contributed by atoms with Crippen LogP contribution in [0.25, 0.3) is 0 Å². The van der Waals surface area contributed by atoms with Gasteiger partial charge in [0.1, 0.15) is 5.75 Å². The lowest BCUT2D eigenvalue weighted by Gasteiger charge is -2.37. The molecule has 1 N–H and O–H groups in total. The van der Waals surface area contributed by atoms with E-state index in [2.05, 4.69) is 5.32 Å². The molecule has 0 fully saturated rings. The molecule has 0 aliphatic carbocycles. The van der Waals surface area contributed by atoms with Crippen molar-refractivity contribution in [2.24, 2.45) is 0 Å². The fraction of sp³-hybridized carbons (Fsp3) is 0.333. The Morgan fingerprint density at radius 3 is 2.48 bits per heavy atom. The first-order valence-electron chi connectivity index (χ1n) is 9.10. The zero-order chi connectivity index (χ0) is 19.4. The third-order valence-electron chi connectivity index (χ3n) is 4.55. The summed E-state index contributed by atoms with van der Waals surface area (Å²) in [5.41, 5.74) is 1.68. The van der Waals surface area contributed by atoms with Crippen molar-refractivity contribution in [3.05, 3.63) is 54.6 Å². The van der Waals surface area contributed by atoms with Crippen LogP contribution < -0.4 is 19.9 Å². The van der Waals surface area contributed by atoms with E-state index in [4.69, 9.17) is 4.74 Å². The summed E-state index contributed by atoms with van der Waals surface area (Å²) in [4.78, 5) is 29.0. The number of hydrogen-bond donors (Lipinski definition) is 1. The Bertz CT molecular complexity index is 807. The van der Waals surface area contributed by atoms with Crippen molar-refractivity contribution < 1.29 is 14.3 Å². The zero-order valence-corrected chi connectivity index (χ0v) is 15.9. The topological polar surface area (TPSA) is 61.9 Å². The van der Waals surface area contributed by atoms with Crippen molar-refractivity contribution in [1.29, 1.82) is 0 Å². The zero-order valence-electron chi connectivity index (χ0n) is 15.9. The smallest absolute Gasteiger partial charge is 0.262 e. The highest BCUT2D eigenvalue weighted by atomic mass is 16.5. The van der Waals surface area contributed by atoms with Gasteiger partial charge in [0.15, 0.2) is 6.10 Å². The molecule has 1 aliphatic heterocycles. The van der Waals surface area contributed by atoms with Crippen LogP contribution in [0.5, 0.6) is 5.75 Å². The number of likely N-dealkylation sites (N-methyl/N-ethyl adjacent to an activating group) is 1. The number of anilines is 2. The number of rotatable bonds is 5. The van der Waals surface area contributed by atoms with Gasteiger partial charge in [0.25, 0.3) is 5.91 Å². The van der Waals surface area contributed by atoms with E-state index in [-0.39, 0.29) is 24.4 Å². The molecule has 0 unspecified atom stereocenters. The summed E-state index contributed by atoms with van der Waals surface area (Å²) in [6.45, 7) is 4.47. The van der Waals surface area contributed by atoms with Gasteiger partial charge in [-0.2, -0.15) is 0 Å². The first-order valence-corrected chi connectivity index (χ1v) is 9.10. The molecule has 1 atom stereocenters. The Balaban J connectivity index is 1.86. The molecule has 2 amide bonds. The van der Waals surface area contributed by atoms with Crippen molar-refractivity contribution >= 4 is 23.2 Å². The van der Waals surface area contributed by atoms with Crippen LogP contribution in [0.4, 0.5) is 11.4 Å². The normalized spacial score (nSPS) is 15.7. The predicted molar refractivity (Wildman–Crippen MR) is 106 cm³/mol. The Hall–Kier alpha value is -3.02. The number of benzene rings is 2. The molecule has 0 spiro atoms. The van der Waals surface area contributed by atoms with Crippen molar-refractivity contribution in [2.75, 3.05) is 29.9 Å². The second kappa shape index (κ2) is 8.12. The average Bonchev–Trinajstić information content (AvgIpc) is 2.68. The summed E-state index contributed by atoms with van der Waals surface area (Å²) in [7, 11) is 1.58. The molecule has 1 heterocycles. The summed E-state index contributed by atoms with van der Waals surface area (Å²) < 4.78 is 5.81. The van der Waals surface area contributed by atoms with Gasteiger partial charge >= 0.3 is 0 Å². The molecule has 6 heteroatoms. The van der Waals surface area contributed by atoms with Gasteiger partial charge in [-0.05, 0) is 38.1 Å². The number of ether oxygens (including phenoxy) is 1. The van der Waals surface area contributed by atoms with E-state index < -0.39 is 6.10 Å². The monoisotopic (exact) mass is 367 g/mol. The van der Waals surface area contributed by atoms with E-state index in [1.165, 1.54) is 0 Å². The lowest BCUT2D eigenvalue weighted by Crippen LogP contribution is -2.52. The minimum Gasteiger partial charge on any atom is -0.477 e. The second-order valence-electron chi connectivity index (χ2n) is 6.76. The van der Waals surface area contributed by atoms with Crippen LogP contribution >= 0.6 is 0 Å². The second-order valence-corrected chi connectivity index (χ2v) is 6.76. The number of hydrogen-bond acceptors (Lipinski definition) is 4. The van der Waals surface area contributed by atoms with Gasteiger partial charge in [-0.25, -0.2) is 0 Å². The van der Waals surface area contributed by atoms with Crippen LogP contribution in [0, 0.1) is 0 Å². The Labute approximate surface area is 159 Å². The molecule has 0 aromatic heterocycles. The van der Waals surface area contributed by atoms with E-state index in [0.29, 0.717) is 12.3 Å². The molecule has 142 valence electrons. The van der Waals surface area contributed by atoms with Gasteiger partial charge in [-0.15, -0.1) is 0 Å². The first-order chi connectivity index (χ1) is 13.0. The fourth-order valence-corrected chi connectivity index (χ4v) is 3.31. The molecule has 6 nitrogen and oxygen atoms in total. The lowest BCUT2D eigenvalue weighted by molar-refractivity contribution is -0.127. The van der Waals surface area contributed by atoms with Gasteiger partial charge < -0.3 is 19.9 Å². The van der Waals surface area contributed by atoms with Crippen LogP contribution in [0.15, 0.2) is 54.6 Å². The Morgan fingerprint density at radius 1 is 1.15 bits per heavy atom. The highest BCUT2D eigenvalue weighted by Gasteiger charge is 2.32. The third-order valence-corrected chi connectivity index (χ3v) is 4.55. The van der Waals surface area contributed by atoms with Crippen molar-refractivity contribution in [3.63, 3.8) is 0 Å². The van der Waals surface area contributed by atoms with Crippen molar-refractivity contribution in [3.8, 4) is 5.75 Å². The van der Waals surface area contributed by atoms with E-state index in [9.17, 15) is 9.59 Å². The molecule has 1 aliphatic rings. The molecule has 0 saturated carbocycles. The summed E-state index contributed by atoms with van der Waals surface area (Å²) in [6.07, 6.45) is -0.651. The number of fused-ring (bicyclic) bond motifs is 1. The summed E-state index contributed by atoms with van der Waals surface area (Å²) >= 11 is 0. The fourth-order valence-electron chi connectivity index (χ4n) is 3.31. The summed E-state index contributed by atoms with van der Waals surface area (Å²) in [5.74, 6) is 0.384. The minimum absolute atomic E-state index is 0.0194. The molecule has 0 bridgehead atoms. The molecule has 27 heavy (non-hydrogen) atoms. The summed E-state index contributed by atoms with van der Waals surface area (Å²) in [6, 6.07) is 17.1. The van der Waals surface area contributed by atoms with Crippen LogP contribution in [-0.2, 0) is 9.59 Å². The van der Waals surface area contributed by atoms with Gasteiger partial charge in [0, 0.05) is 18.8 Å². The molecular formula is C21H25N3O3. The molecule has 0 radical (unpaired) electrons. The van der Waals surface area contributed by atoms with Gasteiger partial charge in [0.2, 0.25) is 5.91 Å². The van der Waals surface area contributed by atoms with Crippen LogP contribution in [0.3, 0.4) is 0 Å². The maximum Gasteiger partial charge on any atom is 0.262 e. The van der Waals surface area contributed by atoms with E-state index in [0.717, 1.165) is 11.4 Å². The number of nitrogens with one attached hydrogen (secondary N) is 1. The standard InChI is InChI=1S/C21H25N3O3/c1-15(2)24(16-9-5-4-6-10-16)20(25)14-23-13-19(21(26)22-3)27-18-12-8-7-11-17(18)23/h4-12,15,19H,13-14H2,1-3H3,(H,22,26)/t19-/m0/s1. The highest BCUT2D eigenvalue weighted by Crippen LogP contribution is 2.33. The number of amides is 2.